The summed E-state index contributed by atoms with van der Waals surface area (Å²) >= 11 is 2.05. The lowest BCUT2D eigenvalue weighted by Gasteiger charge is -2.22. The average Bonchev–Trinajstić information content (AvgIpc) is 2.80. The topological polar surface area (TPSA) is 41.5 Å². The van der Waals surface area contributed by atoms with Crippen molar-refractivity contribution in [2.45, 2.75) is 63.3 Å². The van der Waals surface area contributed by atoms with Crippen LogP contribution in [0.5, 0.6) is 0 Å². The number of nitrogens with one attached hydrogen (secondary N) is 1. The van der Waals surface area contributed by atoms with Crippen molar-refractivity contribution in [3.05, 3.63) is 0 Å². The standard InChI is InChI=1S/C14H29NO2S/c1-3-5-9-17-11-12(16)10-15-13-7-6-8-14(13)18-4-2/h12-16H,3-11H2,1-2H3. The molecule has 0 saturated heterocycles. The van der Waals surface area contributed by atoms with Crippen molar-refractivity contribution in [1.82, 2.24) is 5.32 Å². The third-order valence-corrected chi connectivity index (χ3v) is 4.73. The van der Waals surface area contributed by atoms with Gasteiger partial charge in [0.1, 0.15) is 0 Å². The first-order chi connectivity index (χ1) is 8.77. The average molecular weight is 275 g/mol. The highest BCUT2D eigenvalue weighted by molar-refractivity contribution is 7.99. The van der Waals surface area contributed by atoms with Gasteiger partial charge in [-0.15, -0.1) is 0 Å². The molecule has 0 bridgehead atoms. The number of hydrogen-bond donors (Lipinski definition) is 2. The van der Waals surface area contributed by atoms with Crippen molar-refractivity contribution >= 4 is 11.8 Å². The molecule has 0 aliphatic heterocycles. The van der Waals surface area contributed by atoms with Crippen LogP contribution in [0.3, 0.4) is 0 Å². The van der Waals surface area contributed by atoms with Gasteiger partial charge in [0.25, 0.3) is 0 Å². The van der Waals surface area contributed by atoms with Crippen molar-refractivity contribution in [2.75, 3.05) is 25.5 Å². The van der Waals surface area contributed by atoms with Gasteiger partial charge in [0, 0.05) is 24.4 Å². The van der Waals surface area contributed by atoms with Crippen molar-refractivity contribution in [1.29, 1.82) is 0 Å². The first kappa shape index (κ1) is 16.3. The number of rotatable bonds is 10. The van der Waals surface area contributed by atoms with Gasteiger partial charge in [-0.3, -0.25) is 0 Å². The molecule has 0 aromatic carbocycles. The van der Waals surface area contributed by atoms with Gasteiger partial charge in [-0.1, -0.05) is 26.7 Å². The maximum Gasteiger partial charge on any atom is 0.0897 e. The Kier molecular flexibility index (Phi) is 9.11. The summed E-state index contributed by atoms with van der Waals surface area (Å²) in [5.41, 5.74) is 0. The van der Waals surface area contributed by atoms with E-state index in [1.54, 1.807) is 0 Å². The predicted octanol–water partition coefficient (Wildman–Crippen LogP) is 2.43. The fourth-order valence-corrected chi connectivity index (χ4v) is 3.61. The van der Waals surface area contributed by atoms with E-state index >= 15 is 0 Å². The molecule has 1 rings (SSSR count). The molecule has 1 saturated carbocycles. The Morgan fingerprint density at radius 3 is 2.94 bits per heavy atom. The first-order valence-electron chi connectivity index (χ1n) is 7.38. The quantitative estimate of drug-likeness (QED) is 0.601. The fraction of sp³-hybridized carbons (Fsp3) is 1.00. The molecular weight excluding hydrogens is 246 g/mol. The lowest BCUT2D eigenvalue weighted by molar-refractivity contribution is 0.0347. The molecule has 1 aliphatic carbocycles. The number of ether oxygens (including phenoxy) is 1. The first-order valence-corrected chi connectivity index (χ1v) is 8.43. The Morgan fingerprint density at radius 2 is 2.22 bits per heavy atom. The molecule has 3 unspecified atom stereocenters. The molecule has 3 nitrogen and oxygen atoms in total. The molecule has 0 aromatic heterocycles. The summed E-state index contributed by atoms with van der Waals surface area (Å²) in [6.45, 7) is 6.26. The number of hydrogen-bond acceptors (Lipinski definition) is 4. The van der Waals surface area contributed by atoms with Crippen molar-refractivity contribution < 1.29 is 9.84 Å². The highest BCUT2D eigenvalue weighted by Crippen LogP contribution is 2.29. The lowest BCUT2D eigenvalue weighted by atomic mass is 10.2. The molecule has 4 heteroatoms. The molecule has 2 N–H and O–H groups in total. The van der Waals surface area contributed by atoms with Crippen LogP contribution in [-0.2, 0) is 4.74 Å². The summed E-state index contributed by atoms with van der Waals surface area (Å²) in [6, 6.07) is 0.584. The van der Waals surface area contributed by atoms with Crippen LogP contribution in [0.1, 0.15) is 46.0 Å². The smallest absolute Gasteiger partial charge is 0.0897 e. The van der Waals surface area contributed by atoms with E-state index < -0.39 is 0 Å². The van der Waals surface area contributed by atoms with Crippen molar-refractivity contribution in [3.63, 3.8) is 0 Å². The number of aliphatic hydroxyl groups is 1. The van der Waals surface area contributed by atoms with Gasteiger partial charge in [-0.05, 0) is 25.0 Å². The van der Waals surface area contributed by atoms with E-state index in [0.29, 0.717) is 19.2 Å². The van der Waals surface area contributed by atoms with Crippen LogP contribution in [0.15, 0.2) is 0 Å². The fourth-order valence-electron chi connectivity index (χ4n) is 2.39. The highest BCUT2D eigenvalue weighted by atomic mass is 32.2. The van der Waals surface area contributed by atoms with Crippen LogP contribution >= 0.6 is 11.8 Å². The van der Waals surface area contributed by atoms with Gasteiger partial charge in [-0.2, -0.15) is 11.8 Å². The molecule has 0 radical (unpaired) electrons. The largest absolute Gasteiger partial charge is 0.389 e. The minimum Gasteiger partial charge on any atom is -0.389 e. The number of thioether (sulfide) groups is 1. The van der Waals surface area contributed by atoms with Crippen LogP contribution in [-0.4, -0.2) is 48.0 Å². The van der Waals surface area contributed by atoms with Crippen LogP contribution in [0.25, 0.3) is 0 Å². The van der Waals surface area contributed by atoms with E-state index in [-0.39, 0.29) is 6.10 Å². The zero-order chi connectivity index (χ0) is 13.2. The SMILES string of the molecule is CCCCOCC(O)CNC1CCCC1SCC. The molecular formula is C14H29NO2S. The maximum absolute atomic E-state index is 9.83. The zero-order valence-corrected chi connectivity index (χ0v) is 12.7. The van der Waals surface area contributed by atoms with Gasteiger partial charge in [0.2, 0.25) is 0 Å². The van der Waals surface area contributed by atoms with Crippen LogP contribution in [0.2, 0.25) is 0 Å². The number of aliphatic hydroxyl groups excluding tert-OH is 1. The van der Waals surface area contributed by atoms with Gasteiger partial charge in [0.15, 0.2) is 0 Å². The molecule has 0 heterocycles. The molecule has 0 aromatic rings. The summed E-state index contributed by atoms with van der Waals surface area (Å²) in [6.07, 6.45) is 5.75. The highest BCUT2D eigenvalue weighted by Gasteiger charge is 2.26. The molecule has 1 aliphatic rings. The second kappa shape index (κ2) is 10.1. The van der Waals surface area contributed by atoms with Crippen LogP contribution in [0, 0.1) is 0 Å². The molecule has 0 spiro atoms. The monoisotopic (exact) mass is 275 g/mol. The third-order valence-electron chi connectivity index (χ3n) is 3.40. The third kappa shape index (κ3) is 6.41. The Morgan fingerprint density at radius 1 is 1.39 bits per heavy atom. The minimum atomic E-state index is -0.366. The second-order valence-corrected chi connectivity index (χ2v) is 6.54. The molecule has 18 heavy (non-hydrogen) atoms. The van der Waals surface area contributed by atoms with Crippen molar-refractivity contribution in [2.24, 2.45) is 0 Å². The van der Waals surface area contributed by atoms with E-state index in [1.165, 1.54) is 25.0 Å². The Bertz CT molecular complexity index is 204. The molecule has 3 atom stereocenters. The Hall–Kier alpha value is 0.230. The Labute approximate surface area is 116 Å². The molecule has 108 valence electrons. The van der Waals surface area contributed by atoms with Gasteiger partial charge >= 0.3 is 0 Å². The van der Waals surface area contributed by atoms with E-state index in [2.05, 4.69) is 19.2 Å². The van der Waals surface area contributed by atoms with Crippen molar-refractivity contribution in [3.8, 4) is 0 Å². The zero-order valence-electron chi connectivity index (χ0n) is 11.9. The summed E-state index contributed by atoms with van der Waals surface area (Å²) in [4.78, 5) is 0. The molecule has 0 amide bonds. The second-order valence-electron chi connectivity index (χ2n) is 5.02. The van der Waals surface area contributed by atoms with Crippen LogP contribution in [0.4, 0.5) is 0 Å². The summed E-state index contributed by atoms with van der Waals surface area (Å²) in [7, 11) is 0. The maximum atomic E-state index is 9.83. The normalized spacial score (nSPS) is 25.5. The number of unbranched alkanes of at least 4 members (excludes halogenated alkanes) is 1. The lowest BCUT2D eigenvalue weighted by Crippen LogP contribution is -2.40. The Balaban J connectivity index is 2.07. The van der Waals surface area contributed by atoms with E-state index in [0.717, 1.165) is 24.7 Å². The molecule has 1 fully saturated rings. The van der Waals surface area contributed by atoms with E-state index in [9.17, 15) is 5.11 Å². The van der Waals surface area contributed by atoms with Gasteiger partial charge in [0.05, 0.1) is 12.7 Å². The van der Waals surface area contributed by atoms with Crippen LogP contribution < -0.4 is 5.32 Å². The van der Waals surface area contributed by atoms with E-state index in [4.69, 9.17) is 4.74 Å². The summed E-state index contributed by atoms with van der Waals surface area (Å²) in [5.74, 6) is 1.19. The summed E-state index contributed by atoms with van der Waals surface area (Å²) < 4.78 is 5.43. The van der Waals surface area contributed by atoms with Gasteiger partial charge in [-0.25, -0.2) is 0 Å². The minimum absolute atomic E-state index is 0.366. The predicted molar refractivity (Wildman–Crippen MR) is 79.3 cm³/mol. The van der Waals surface area contributed by atoms with E-state index in [1.807, 2.05) is 11.8 Å². The summed E-state index contributed by atoms with van der Waals surface area (Å²) in [5, 5.41) is 14.1. The van der Waals surface area contributed by atoms with Gasteiger partial charge < -0.3 is 15.2 Å².